The molecule has 0 fully saturated rings. The number of aryl methyl sites for hydroxylation is 1. The predicted octanol–water partition coefficient (Wildman–Crippen LogP) is 6.27. The maximum absolute atomic E-state index is 13.3. The minimum Gasteiger partial charge on any atom is -0.507 e. The molecule has 1 atom stereocenters. The highest BCUT2D eigenvalue weighted by Gasteiger charge is 2.42. The fraction of sp³-hybridized carbons (Fsp3) is 0.385. The summed E-state index contributed by atoms with van der Waals surface area (Å²) in [6.07, 6.45) is 3.97. The Kier molecular flexibility index (Phi) is 6.94. The molecule has 1 amide bonds. The Balaban J connectivity index is 1.77. The van der Waals surface area contributed by atoms with E-state index in [0.29, 0.717) is 35.1 Å². The van der Waals surface area contributed by atoms with Crippen molar-refractivity contribution in [3.8, 4) is 22.8 Å². The zero-order valence-electron chi connectivity index (χ0n) is 19.3. The van der Waals surface area contributed by atoms with E-state index in [1.165, 1.54) is 0 Å². The second-order valence-corrected chi connectivity index (χ2v) is 8.91. The van der Waals surface area contributed by atoms with Crippen molar-refractivity contribution in [1.82, 2.24) is 15.1 Å². The lowest BCUT2D eigenvalue weighted by Crippen LogP contribution is -2.30. The van der Waals surface area contributed by atoms with Gasteiger partial charge in [0.05, 0.1) is 12.6 Å². The molecule has 1 unspecified atom stereocenters. The number of nitrogens with zero attached hydrogens (tertiary/aromatic N) is 2. The Labute approximate surface area is 199 Å². The molecule has 0 radical (unpaired) electrons. The number of hydrogen-bond donors (Lipinski definition) is 2. The lowest BCUT2D eigenvalue weighted by Gasteiger charge is -2.26. The molecule has 0 spiro atoms. The van der Waals surface area contributed by atoms with Crippen molar-refractivity contribution in [1.29, 1.82) is 0 Å². The Hall–Kier alpha value is -2.99. The van der Waals surface area contributed by atoms with Crippen molar-refractivity contribution in [2.45, 2.75) is 52.5 Å². The molecule has 3 aromatic rings. The van der Waals surface area contributed by atoms with Crippen molar-refractivity contribution in [3.63, 3.8) is 0 Å². The Morgan fingerprint density at radius 1 is 1.15 bits per heavy atom. The van der Waals surface area contributed by atoms with Crippen LogP contribution in [0.4, 0.5) is 0 Å². The molecule has 1 aliphatic rings. The molecule has 0 saturated heterocycles. The summed E-state index contributed by atoms with van der Waals surface area (Å²) in [5.74, 6) is 0.819. The molecule has 2 aromatic carbocycles. The fourth-order valence-corrected chi connectivity index (χ4v) is 4.41. The molecule has 1 aliphatic heterocycles. The zero-order valence-corrected chi connectivity index (χ0v) is 20.1. The van der Waals surface area contributed by atoms with Crippen molar-refractivity contribution in [2.75, 3.05) is 13.2 Å². The third-order valence-corrected chi connectivity index (χ3v) is 6.52. The van der Waals surface area contributed by atoms with Crippen LogP contribution < -0.4 is 4.74 Å². The number of hydrogen-bond acceptors (Lipinski definition) is 4. The zero-order chi connectivity index (χ0) is 23.5. The number of carbonyl (C=O) groups is 1. The number of unbranched alkanes of at least 4 members (excludes halogenated alkanes) is 2. The van der Waals surface area contributed by atoms with Crippen LogP contribution in [-0.4, -0.2) is 39.3 Å². The van der Waals surface area contributed by atoms with Crippen molar-refractivity contribution < 1.29 is 14.6 Å². The first-order chi connectivity index (χ1) is 16.0. The molecule has 2 N–H and O–H groups in total. The molecule has 33 heavy (non-hydrogen) atoms. The Bertz CT molecular complexity index is 1140. The van der Waals surface area contributed by atoms with Gasteiger partial charge in [-0.3, -0.25) is 9.89 Å². The number of H-pyrrole nitrogens is 1. The average molecular weight is 468 g/mol. The molecular formula is C26H30ClN3O3. The number of phenols is 1. The van der Waals surface area contributed by atoms with Gasteiger partial charge in [-0.2, -0.15) is 5.10 Å². The molecule has 0 saturated carbocycles. The predicted molar refractivity (Wildman–Crippen MR) is 130 cm³/mol. The number of aromatic amines is 1. The van der Waals surface area contributed by atoms with Crippen LogP contribution in [0.25, 0.3) is 11.3 Å². The smallest absolute Gasteiger partial charge is 0.273 e. The molecule has 4 rings (SSSR count). The van der Waals surface area contributed by atoms with E-state index in [1.807, 2.05) is 36.1 Å². The molecule has 2 heterocycles. The second kappa shape index (κ2) is 9.87. The van der Waals surface area contributed by atoms with Gasteiger partial charge in [0.25, 0.3) is 5.91 Å². The van der Waals surface area contributed by atoms with E-state index in [2.05, 4.69) is 24.0 Å². The van der Waals surface area contributed by atoms with Crippen LogP contribution in [0.5, 0.6) is 11.5 Å². The van der Waals surface area contributed by atoms with Gasteiger partial charge in [-0.25, -0.2) is 0 Å². The van der Waals surface area contributed by atoms with Crippen molar-refractivity contribution in [3.05, 3.63) is 63.8 Å². The largest absolute Gasteiger partial charge is 0.507 e. The lowest BCUT2D eigenvalue weighted by molar-refractivity contribution is 0.0741. The summed E-state index contributed by atoms with van der Waals surface area (Å²) in [4.78, 5) is 15.2. The maximum Gasteiger partial charge on any atom is 0.273 e. The van der Waals surface area contributed by atoms with Gasteiger partial charge in [0.1, 0.15) is 22.9 Å². The van der Waals surface area contributed by atoms with Crippen LogP contribution in [0.3, 0.4) is 0 Å². The number of nitrogens with one attached hydrogen (secondary N) is 1. The summed E-state index contributed by atoms with van der Waals surface area (Å²) in [6.45, 7) is 7.40. The van der Waals surface area contributed by atoms with E-state index in [4.69, 9.17) is 16.3 Å². The molecule has 174 valence electrons. The van der Waals surface area contributed by atoms with Gasteiger partial charge < -0.3 is 14.7 Å². The quantitative estimate of drug-likeness (QED) is 0.363. The average Bonchev–Trinajstić information content (AvgIpc) is 3.34. The summed E-state index contributed by atoms with van der Waals surface area (Å²) in [6, 6.07) is 10.9. The number of aromatic nitrogens is 2. The molecule has 1 aromatic heterocycles. The van der Waals surface area contributed by atoms with Crippen LogP contribution in [0.15, 0.2) is 36.4 Å². The highest BCUT2D eigenvalue weighted by Crippen LogP contribution is 2.45. The molecule has 0 aliphatic carbocycles. The van der Waals surface area contributed by atoms with E-state index in [0.717, 1.165) is 48.1 Å². The van der Waals surface area contributed by atoms with Gasteiger partial charge in [0.2, 0.25) is 0 Å². The Morgan fingerprint density at radius 2 is 1.88 bits per heavy atom. The number of halogens is 1. The first kappa shape index (κ1) is 23.2. The van der Waals surface area contributed by atoms with Crippen LogP contribution in [0, 0.1) is 6.92 Å². The highest BCUT2D eigenvalue weighted by molar-refractivity contribution is 6.31. The van der Waals surface area contributed by atoms with Crippen molar-refractivity contribution in [2.24, 2.45) is 0 Å². The number of amides is 1. The van der Waals surface area contributed by atoms with Crippen LogP contribution in [0.2, 0.25) is 5.02 Å². The monoisotopic (exact) mass is 467 g/mol. The molecule has 6 nitrogen and oxygen atoms in total. The first-order valence-electron chi connectivity index (χ1n) is 11.6. The van der Waals surface area contributed by atoms with Gasteiger partial charge >= 0.3 is 0 Å². The van der Waals surface area contributed by atoms with Crippen LogP contribution in [0.1, 0.15) is 72.8 Å². The van der Waals surface area contributed by atoms with Crippen LogP contribution in [-0.2, 0) is 0 Å². The summed E-state index contributed by atoms with van der Waals surface area (Å²) >= 11 is 6.36. The minimum atomic E-state index is -0.308. The third kappa shape index (κ3) is 4.44. The lowest BCUT2D eigenvalue weighted by atomic mass is 9.95. The molecule has 0 bridgehead atoms. The SMILES string of the molecule is CCCCOc1ccc(C2c3c(-c4cc(Cl)c(C)cc4O)n[nH]c3C(=O)N2CCCC)cc1. The van der Waals surface area contributed by atoms with E-state index in [-0.39, 0.29) is 17.7 Å². The van der Waals surface area contributed by atoms with Crippen molar-refractivity contribution >= 4 is 17.5 Å². The summed E-state index contributed by atoms with van der Waals surface area (Å²) in [5, 5.41) is 18.6. The van der Waals surface area contributed by atoms with Gasteiger partial charge in [0, 0.05) is 22.7 Å². The minimum absolute atomic E-state index is 0.0804. The summed E-state index contributed by atoms with van der Waals surface area (Å²) in [7, 11) is 0. The summed E-state index contributed by atoms with van der Waals surface area (Å²) in [5.41, 5.74) is 4.04. The van der Waals surface area contributed by atoms with E-state index in [9.17, 15) is 9.90 Å². The van der Waals surface area contributed by atoms with Gasteiger partial charge in [-0.1, -0.05) is 50.4 Å². The number of aromatic hydroxyl groups is 1. The standard InChI is InChI=1S/C26H30ClN3O3/c1-4-6-12-30-25(17-8-10-18(11-9-17)33-13-7-5-2)22-23(28-29-24(22)26(30)32)19-15-20(27)16(3)14-21(19)31/h8-11,14-15,25,31H,4-7,12-13H2,1-3H3,(H,28,29). The second-order valence-electron chi connectivity index (χ2n) is 8.51. The number of benzene rings is 2. The number of fused-ring (bicyclic) bond motifs is 1. The van der Waals surface area contributed by atoms with Crippen LogP contribution >= 0.6 is 11.6 Å². The maximum atomic E-state index is 13.3. The van der Waals surface area contributed by atoms with E-state index in [1.54, 1.807) is 12.1 Å². The number of ether oxygens (including phenoxy) is 1. The first-order valence-corrected chi connectivity index (χ1v) is 12.0. The van der Waals surface area contributed by atoms with E-state index < -0.39 is 0 Å². The number of carbonyl (C=O) groups excluding carboxylic acids is 1. The van der Waals surface area contributed by atoms with Gasteiger partial charge in [-0.15, -0.1) is 0 Å². The van der Waals surface area contributed by atoms with Gasteiger partial charge in [-0.05, 0) is 55.2 Å². The van der Waals surface area contributed by atoms with E-state index >= 15 is 0 Å². The van der Waals surface area contributed by atoms with Gasteiger partial charge in [0.15, 0.2) is 0 Å². The molecular weight excluding hydrogens is 438 g/mol. The summed E-state index contributed by atoms with van der Waals surface area (Å²) < 4.78 is 5.82. The topological polar surface area (TPSA) is 78.5 Å². The third-order valence-electron chi connectivity index (χ3n) is 6.11. The normalized spacial score (nSPS) is 15.2. The molecule has 7 heteroatoms. The highest BCUT2D eigenvalue weighted by atomic mass is 35.5. The fourth-order valence-electron chi connectivity index (χ4n) is 4.24. The Morgan fingerprint density at radius 3 is 2.58 bits per heavy atom. The number of rotatable bonds is 9. The number of phenolic OH excluding ortho intramolecular Hbond substituents is 1.